The molecule has 3 rings (SSSR count). The molecule has 1 saturated carbocycles. The zero-order valence-electron chi connectivity index (χ0n) is 10.4. The van der Waals surface area contributed by atoms with E-state index in [1.165, 1.54) is 11.8 Å². The second-order valence-electron chi connectivity index (χ2n) is 4.51. The van der Waals surface area contributed by atoms with Crippen molar-refractivity contribution < 1.29 is 9.90 Å². The average molecular weight is 355 g/mol. The summed E-state index contributed by atoms with van der Waals surface area (Å²) in [5.74, 6) is 0.518. The average Bonchev–Trinajstić information content (AvgIpc) is 3.16. The predicted octanol–water partition coefficient (Wildman–Crippen LogP) is 2.76. The highest BCUT2D eigenvalue weighted by Crippen LogP contribution is 2.35. The van der Waals surface area contributed by atoms with Gasteiger partial charge >= 0.3 is 5.97 Å². The summed E-state index contributed by atoms with van der Waals surface area (Å²) in [4.78, 5) is 12.0. The Bertz CT molecular complexity index is 657. The van der Waals surface area contributed by atoms with E-state index in [0.29, 0.717) is 16.3 Å². The fourth-order valence-corrected chi connectivity index (χ4v) is 3.08. The van der Waals surface area contributed by atoms with Gasteiger partial charge in [-0.05, 0) is 57.4 Å². The van der Waals surface area contributed by atoms with Crippen molar-refractivity contribution in [3.05, 3.63) is 34.1 Å². The summed E-state index contributed by atoms with van der Waals surface area (Å²) < 4.78 is 2.45. The number of nitrogens with zero attached hydrogens (tertiary/aromatic N) is 4. The highest BCUT2D eigenvalue weighted by atomic mass is 79.9. The first-order valence-corrected chi connectivity index (χ1v) is 7.85. The first-order valence-electron chi connectivity index (χ1n) is 6.07. The van der Waals surface area contributed by atoms with Crippen LogP contribution in [0.4, 0.5) is 0 Å². The summed E-state index contributed by atoms with van der Waals surface area (Å²) in [6.07, 6.45) is 2.26. The Morgan fingerprint density at radius 1 is 1.50 bits per heavy atom. The highest BCUT2D eigenvalue weighted by Gasteiger charge is 2.27. The van der Waals surface area contributed by atoms with Crippen LogP contribution in [0.25, 0.3) is 0 Å². The van der Waals surface area contributed by atoms with Gasteiger partial charge in [-0.1, -0.05) is 0 Å². The maximum atomic E-state index is 11.1. The lowest BCUT2D eigenvalue weighted by atomic mass is 10.2. The molecule has 1 aliphatic rings. The van der Waals surface area contributed by atoms with Crippen molar-refractivity contribution in [1.82, 2.24) is 20.2 Å². The van der Waals surface area contributed by atoms with Crippen molar-refractivity contribution in [3.63, 3.8) is 0 Å². The molecule has 20 heavy (non-hydrogen) atoms. The van der Waals surface area contributed by atoms with E-state index in [4.69, 9.17) is 5.11 Å². The van der Waals surface area contributed by atoms with Crippen LogP contribution >= 0.6 is 27.7 Å². The van der Waals surface area contributed by atoms with Crippen LogP contribution in [0.15, 0.2) is 27.6 Å². The zero-order chi connectivity index (χ0) is 14.1. The molecule has 8 heteroatoms. The number of carboxylic acids is 1. The molecule has 0 aliphatic heterocycles. The maximum absolute atomic E-state index is 11.1. The van der Waals surface area contributed by atoms with Gasteiger partial charge in [-0.25, -0.2) is 9.48 Å². The number of benzene rings is 1. The van der Waals surface area contributed by atoms with Gasteiger partial charge < -0.3 is 5.11 Å². The van der Waals surface area contributed by atoms with Crippen LogP contribution in [-0.4, -0.2) is 31.3 Å². The number of rotatable bonds is 5. The molecule has 1 aliphatic carbocycles. The van der Waals surface area contributed by atoms with Crippen LogP contribution < -0.4 is 0 Å². The van der Waals surface area contributed by atoms with Crippen LogP contribution in [0.1, 0.15) is 35.1 Å². The van der Waals surface area contributed by atoms with Crippen molar-refractivity contribution in [2.75, 3.05) is 0 Å². The van der Waals surface area contributed by atoms with Gasteiger partial charge in [0.05, 0.1) is 17.4 Å². The Kier molecular flexibility index (Phi) is 3.75. The maximum Gasteiger partial charge on any atom is 0.336 e. The lowest BCUT2D eigenvalue weighted by Gasteiger charge is -2.05. The summed E-state index contributed by atoms with van der Waals surface area (Å²) in [5, 5.41) is 20.8. The van der Waals surface area contributed by atoms with Crippen molar-refractivity contribution in [2.24, 2.45) is 0 Å². The number of thioether (sulfide) groups is 1. The first-order chi connectivity index (χ1) is 9.65. The van der Waals surface area contributed by atoms with Crippen molar-refractivity contribution >= 4 is 33.7 Å². The third-order valence-electron chi connectivity index (χ3n) is 2.99. The van der Waals surface area contributed by atoms with Crippen LogP contribution in [0.2, 0.25) is 0 Å². The van der Waals surface area contributed by atoms with Crippen LogP contribution in [0.3, 0.4) is 0 Å². The minimum atomic E-state index is -0.942. The molecule has 0 saturated heterocycles. The number of carboxylic acid groups (broad SMARTS) is 1. The molecule has 1 fully saturated rings. The molecule has 0 atom stereocenters. The van der Waals surface area contributed by atoms with Gasteiger partial charge in [-0.15, -0.1) is 16.9 Å². The van der Waals surface area contributed by atoms with Crippen LogP contribution in [0.5, 0.6) is 0 Å². The van der Waals surface area contributed by atoms with Gasteiger partial charge in [0, 0.05) is 9.37 Å². The Morgan fingerprint density at radius 3 is 3.00 bits per heavy atom. The van der Waals surface area contributed by atoms with E-state index in [2.05, 4.69) is 31.5 Å². The number of carbonyl (C=O) groups is 1. The normalized spacial score (nSPS) is 14.4. The minimum Gasteiger partial charge on any atom is -0.478 e. The summed E-state index contributed by atoms with van der Waals surface area (Å²) in [5.41, 5.74) is 0.261. The molecule has 0 spiro atoms. The molecule has 0 bridgehead atoms. The van der Waals surface area contributed by atoms with E-state index in [1.807, 2.05) is 10.7 Å². The fourth-order valence-electron chi connectivity index (χ4n) is 1.82. The second kappa shape index (κ2) is 5.53. The van der Waals surface area contributed by atoms with Crippen molar-refractivity contribution in [2.45, 2.75) is 29.5 Å². The molecular formula is C12H11BrN4O2S. The monoisotopic (exact) mass is 354 g/mol. The van der Waals surface area contributed by atoms with Gasteiger partial charge in [-0.2, -0.15) is 0 Å². The minimum absolute atomic E-state index is 0.261. The zero-order valence-corrected chi connectivity index (χ0v) is 12.8. The molecular weight excluding hydrogens is 344 g/mol. The van der Waals surface area contributed by atoms with Crippen LogP contribution in [0, 0.1) is 0 Å². The predicted molar refractivity (Wildman–Crippen MR) is 76.8 cm³/mol. The standard InChI is InChI=1S/C12H11BrN4O2S/c13-10-4-3-8(5-9(10)12(18)19)20-6-11-14-15-16-17(11)7-1-2-7/h3-5,7H,1-2,6H2,(H,18,19). The Hall–Kier alpha value is -1.41. The highest BCUT2D eigenvalue weighted by molar-refractivity contribution is 9.10. The van der Waals surface area contributed by atoms with Crippen LogP contribution in [-0.2, 0) is 5.75 Å². The molecule has 1 aromatic carbocycles. The number of aromatic carboxylic acids is 1. The molecule has 1 N–H and O–H groups in total. The number of aromatic nitrogens is 4. The molecule has 0 radical (unpaired) electrons. The lowest BCUT2D eigenvalue weighted by molar-refractivity contribution is 0.0695. The number of hydrogen-bond acceptors (Lipinski definition) is 5. The Labute approximate surface area is 127 Å². The molecule has 1 heterocycles. The quantitative estimate of drug-likeness (QED) is 0.831. The van der Waals surface area contributed by atoms with E-state index in [1.54, 1.807) is 12.1 Å². The van der Waals surface area contributed by atoms with E-state index in [0.717, 1.165) is 23.6 Å². The molecule has 0 amide bonds. The molecule has 1 aromatic heterocycles. The van der Waals surface area contributed by atoms with E-state index in [9.17, 15) is 4.79 Å². The molecule has 2 aromatic rings. The summed E-state index contributed by atoms with van der Waals surface area (Å²) in [6, 6.07) is 5.73. The molecule has 6 nitrogen and oxygen atoms in total. The molecule has 0 unspecified atom stereocenters. The summed E-state index contributed by atoms with van der Waals surface area (Å²) in [7, 11) is 0. The Morgan fingerprint density at radius 2 is 2.30 bits per heavy atom. The van der Waals surface area contributed by atoms with Gasteiger partial charge in [0.15, 0.2) is 5.82 Å². The van der Waals surface area contributed by atoms with E-state index < -0.39 is 5.97 Å². The molecule has 104 valence electrons. The largest absolute Gasteiger partial charge is 0.478 e. The van der Waals surface area contributed by atoms with E-state index in [-0.39, 0.29) is 5.56 Å². The first kappa shape index (κ1) is 13.6. The number of halogens is 1. The fraction of sp³-hybridized carbons (Fsp3) is 0.333. The van der Waals surface area contributed by atoms with Crippen molar-refractivity contribution in [1.29, 1.82) is 0 Å². The SMILES string of the molecule is O=C(O)c1cc(SCc2nnnn2C2CC2)ccc1Br. The number of tetrazole rings is 1. The second-order valence-corrected chi connectivity index (χ2v) is 6.41. The topological polar surface area (TPSA) is 80.9 Å². The smallest absolute Gasteiger partial charge is 0.336 e. The summed E-state index contributed by atoms with van der Waals surface area (Å²) in [6.45, 7) is 0. The lowest BCUT2D eigenvalue weighted by Crippen LogP contribution is -2.02. The third kappa shape index (κ3) is 2.85. The third-order valence-corrected chi connectivity index (χ3v) is 4.67. The van der Waals surface area contributed by atoms with Gasteiger partial charge in [0.2, 0.25) is 0 Å². The Balaban J connectivity index is 1.73. The van der Waals surface area contributed by atoms with Gasteiger partial charge in [-0.3, -0.25) is 0 Å². The van der Waals surface area contributed by atoms with Gasteiger partial charge in [0.25, 0.3) is 0 Å². The van der Waals surface area contributed by atoms with Crippen molar-refractivity contribution in [3.8, 4) is 0 Å². The van der Waals surface area contributed by atoms with E-state index >= 15 is 0 Å². The number of hydrogen-bond donors (Lipinski definition) is 1. The summed E-state index contributed by atoms with van der Waals surface area (Å²) >= 11 is 4.76. The van der Waals surface area contributed by atoms with Gasteiger partial charge in [0.1, 0.15) is 0 Å².